The Hall–Kier alpha value is -1.06. The molecular weight excluding hydrogens is 933 g/mol. The van der Waals surface area contributed by atoms with Gasteiger partial charge in [-0.15, -0.1) is 0 Å². The third-order valence-electron chi connectivity index (χ3n) is 19.7. The number of hydrogen-bond acceptors (Lipinski definition) is 20. The standard InChI is InChI=1S/C51H82O20/c1-20-10-15-51(62-19-20)21(2)32-30(71-51)17-29-27-9-8-25-16-26(11-13-49(25,6)28(27)12-14-50(29,32)7)66-48-44(70-46-39(59)36(56)34(54)23(4)64-46)41(61)43(31(18-52)67-48)69-47-40(60)37(57)42(24(5)65-47)68-45-38(58)35(55)33(53)22(3)63-45/h8,20-24,26-48,52-61H,9-19H2,1-7H3/t20-,21+,22+,23?,24+,26-,27-,28?,29-,30+,31+,32+,33?,34+,35-,36-,37+,38-,39-,40-,41-,42?,43?,44-,45-,46-,47-,48+,49-,50-,51-/m0/s1. The minimum atomic E-state index is -1.85. The second-order valence-corrected chi connectivity index (χ2v) is 23.8. The van der Waals surface area contributed by atoms with Crippen molar-refractivity contribution in [1.29, 1.82) is 0 Å². The number of fused-ring (bicyclic) bond motifs is 7. The van der Waals surface area contributed by atoms with Gasteiger partial charge in [-0.2, -0.15) is 0 Å². The molecule has 6 aliphatic heterocycles. The molecule has 0 radical (unpaired) electrons. The highest BCUT2D eigenvalue weighted by Gasteiger charge is 2.69. The summed E-state index contributed by atoms with van der Waals surface area (Å²) >= 11 is 0. The molecule has 4 aliphatic carbocycles. The molecule has 10 rings (SSSR count). The zero-order valence-corrected chi connectivity index (χ0v) is 42.1. The lowest BCUT2D eigenvalue weighted by Gasteiger charge is -2.59. The number of rotatable bonds is 9. The minimum absolute atomic E-state index is 0.0569. The Morgan fingerprint density at radius 1 is 0.592 bits per heavy atom. The largest absolute Gasteiger partial charge is 0.394 e. The van der Waals surface area contributed by atoms with Crippen molar-refractivity contribution in [1.82, 2.24) is 0 Å². The fourth-order valence-electron chi connectivity index (χ4n) is 15.4. The topological polar surface area (TPSA) is 295 Å². The molecular formula is C51H82O20. The van der Waals surface area contributed by atoms with E-state index >= 15 is 0 Å². The van der Waals surface area contributed by atoms with Crippen LogP contribution in [0.25, 0.3) is 0 Å². The summed E-state index contributed by atoms with van der Waals surface area (Å²) in [5.74, 6) is 2.46. The van der Waals surface area contributed by atoms with E-state index in [0.29, 0.717) is 48.3 Å². The lowest BCUT2D eigenvalue weighted by molar-refractivity contribution is -0.394. The average molecular weight is 1020 g/mol. The van der Waals surface area contributed by atoms with Crippen LogP contribution in [0.5, 0.6) is 0 Å². The van der Waals surface area contributed by atoms with Crippen molar-refractivity contribution in [2.24, 2.45) is 46.3 Å². The van der Waals surface area contributed by atoms with E-state index in [-0.39, 0.29) is 16.9 Å². The number of aliphatic hydroxyl groups is 10. The van der Waals surface area contributed by atoms with Gasteiger partial charge in [0.1, 0.15) is 79.4 Å². The maximum Gasteiger partial charge on any atom is 0.187 e. The molecule has 6 saturated heterocycles. The van der Waals surface area contributed by atoms with Gasteiger partial charge in [-0.3, -0.25) is 0 Å². The lowest BCUT2D eigenvalue weighted by atomic mass is 9.47. The maximum atomic E-state index is 12.2. The van der Waals surface area contributed by atoms with Crippen LogP contribution in [0.1, 0.15) is 106 Å². The third kappa shape index (κ3) is 9.03. The van der Waals surface area contributed by atoms with Crippen LogP contribution in [0, 0.1) is 46.3 Å². The second-order valence-electron chi connectivity index (χ2n) is 23.8. The lowest BCUT2D eigenvalue weighted by Crippen LogP contribution is -2.67. The van der Waals surface area contributed by atoms with Crippen LogP contribution in [-0.2, 0) is 47.4 Å². The summed E-state index contributed by atoms with van der Waals surface area (Å²) < 4.78 is 62.2. The minimum Gasteiger partial charge on any atom is -0.394 e. The van der Waals surface area contributed by atoms with Crippen molar-refractivity contribution in [2.45, 2.75) is 247 Å². The number of aliphatic hydroxyl groups excluding tert-OH is 10. The van der Waals surface area contributed by atoms with Gasteiger partial charge in [0, 0.05) is 12.3 Å². The molecule has 1 spiro atoms. The van der Waals surface area contributed by atoms with Gasteiger partial charge in [-0.25, -0.2) is 0 Å². The van der Waals surface area contributed by atoms with Crippen LogP contribution >= 0.6 is 0 Å². The fraction of sp³-hybridized carbons (Fsp3) is 0.961. The molecule has 3 saturated carbocycles. The predicted molar refractivity (Wildman–Crippen MR) is 244 cm³/mol. The highest BCUT2D eigenvalue weighted by Crippen LogP contribution is 2.71. The van der Waals surface area contributed by atoms with Gasteiger partial charge >= 0.3 is 0 Å². The van der Waals surface area contributed by atoms with Crippen LogP contribution in [-0.4, -0.2) is 205 Å². The van der Waals surface area contributed by atoms with Gasteiger partial charge in [0.15, 0.2) is 30.9 Å². The molecule has 0 amide bonds. The highest BCUT2D eigenvalue weighted by molar-refractivity contribution is 5.26. The SMILES string of the molecule is CC1O[C@@H](O[C@@H]2[C@H](O[C@H]3CC[C@@]4(C)C(=CC[C@H]5C4CC[C@]4(C)[C@@H]6[C@@H](C)[C@]7(CC[C@H](C)CO7)O[C@@H]6C[C@@H]54)C3)O[C@H](CO)C(O[C@@H]3O[C@H](C)C(O[C@@H]4O[C@H](C)C(O)[C@H](O)[C@@H]4O)[C@H](O)[C@@H]3O)[C@@H]2O)[C@@H](O)[C@@H](O)[C@@H]1O. The summed E-state index contributed by atoms with van der Waals surface area (Å²) in [5, 5.41) is 109. The predicted octanol–water partition coefficient (Wildman–Crippen LogP) is 0.0935. The summed E-state index contributed by atoms with van der Waals surface area (Å²) in [5.41, 5.74) is 1.44. The van der Waals surface area contributed by atoms with Gasteiger partial charge in [-0.05, 0) is 113 Å². The Bertz CT molecular complexity index is 1890. The maximum absolute atomic E-state index is 12.2. The van der Waals surface area contributed by atoms with Crippen LogP contribution in [0.2, 0.25) is 0 Å². The molecule has 0 aromatic rings. The molecule has 5 unspecified atom stereocenters. The monoisotopic (exact) mass is 1010 g/mol. The van der Waals surface area contributed by atoms with Crippen LogP contribution < -0.4 is 0 Å². The number of allylic oxidation sites excluding steroid dienone is 1. The van der Waals surface area contributed by atoms with Crippen molar-refractivity contribution in [3.8, 4) is 0 Å². The molecule has 31 atom stereocenters. The quantitative estimate of drug-likeness (QED) is 0.137. The molecule has 20 heteroatoms. The average Bonchev–Trinajstić information content (AvgIpc) is 3.79. The Morgan fingerprint density at radius 3 is 1.82 bits per heavy atom. The molecule has 20 nitrogen and oxygen atoms in total. The molecule has 10 aliphatic rings. The van der Waals surface area contributed by atoms with E-state index in [1.54, 1.807) is 0 Å². The molecule has 0 aromatic carbocycles. The van der Waals surface area contributed by atoms with Gasteiger partial charge < -0.3 is 98.4 Å². The number of ether oxygens (including phenoxy) is 10. The van der Waals surface area contributed by atoms with Crippen molar-refractivity contribution in [3.05, 3.63) is 11.6 Å². The summed E-state index contributed by atoms with van der Waals surface area (Å²) in [6.45, 7) is 14.1. The summed E-state index contributed by atoms with van der Waals surface area (Å²) in [6, 6.07) is 0. The van der Waals surface area contributed by atoms with Crippen molar-refractivity contribution in [2.75, 3.05) is 13.2 Å². The zero-order valence-electron chi connectivity index (χ0n) is 42.1. The van der Waals surface area contributed by atoms with Gasteiger partial charge in [0.05, 0.1) is 43.7 Å². The first-order valence-electron chi connectivity index (χ1n) is 26.6. The summed E-state index contributed by atoms with van der Waals surface area (Å²) in [7, 11) is 0. The van der Waals surface area contributed by atoms with E-state index < -0.39 is 141 Å². The van der Waals surface area contributed by atoms with Gasteiger partial charge in [0.2, 0.25) is 0 Å². The van der Waals surface area contributed by atoms with Gasteiger partial charge in [-0.1, -0.05) is 39.3 Å². The molecule has 9 fully saturated rings. The highest BCUT2D eigenvalue weighted by atomic mass is 16.8. The van der Waals surface area contributed by atoms with E-state index in [0.717, 1.165) is 51.6 Å². The van der Waals surface area contributed by atoms with Crippen molar-refractivity contribution >= 4 is 0 Å². The first-order chi connectivity index (χ1) is 33.6. The molecule has 71 heavy (non-hydrogen) atoms. The fourth-order valence-corrected chi connectivity index (χ4v) is 15.4. The van der Waals surface area contributed by atoms with Gasteiger partial charge in [0.25, 0.3) is 0 Å². The second kappa shape index (κ2) is 20.1. The molecule has 0 aromatic heterocycles. The zero-order chi connectivity index (χ0) is 50.8. The third-order valence-corrected chi connectivity index (χ3v) is 19.7. The Kier molecular flexibility index (Phi) is 15.1. The summed E-state index contributed by atoms with van der Waals surface area (Å²) in [6.07, 6.45) is -19.0. The first-order valence-corrected chi connectivity index (χ1v) is 26.6. The van der Waals surface area contributed by atoms with Crippen LogP contribution in [0.15, 0.2) is 11.6 Å². The van der Waals surface area contributed by atoms with E-state index in [2.05, 4.69) is 33.8 Å². The van der Waals surface area contributed by atoms with Crippen LogP contribution in [0.3, 0.4) is 0 Å². The normalized spacial score (nSPS) is 58.4. The molecule has 0 bridgehead atoms. The molecule has 406 valence electrons. The van der Waals surface area contributed by atoms with Crippen molar-refractivity contribution in [3.63, 3.8) is 0 Å². The first kappa shape index (κ1) is 53.3. The van der Waals surface area contributed by atoms with E-state index in [1.165, 1.54) is 26.3 Å². The smallest absolute Gasteiger partial charge is 0.187 e. The van der Waals surface area contributed by atoms with Crippen molar-refractivity contribution < 1.29 is 98.4 Å². The van der Waals surface area contributed by atoms with Crippen LogP contribution in [0.4, 0.5) is 0 Å². The Morgan fingerprint density at radius 2 is 1.20 bits per heavy atom. The Balaban J connectivity index is 0.836. The van der Waals surface area contributed by atoms with E-state index in [4.69, 9.17) is 47.4 Å². The molecule has 10 N–H and O–H groups in total. The Labute approximate surface area is 415 Å². The number of hydrogen-bond donors (Lipinski definition) is 10. The van der Waals surface area contributed by atoms with E-state index in [1.807, 2.05) is 0 Å². The molecule has 6 heterocycles. The summed E-state index contributed by atoms with van der Waals surface area (Å²) in [4.78, 5) is 0. The van der Waals surface area contributed by atoms with E-state index in [9.17, 15) is 51.1 Å².